The van der Waals surface area contributed by atoms with Gasteiger partial charge < -0.3 is 19.5 Å². The first-order valence-corrected chi connectivity index (χ1v) is 12.0. The van der Waals surface area contributed by atoms with Gasteiger partial charge in [0.2, 0.25) is 10.0 Å². The number of aliphatic hydroxyl groups excluding tert-OH is 1. The van der Waals surface area contributed by atoms with Crippen LogP contribution in [0.25, 0.3) is 0 Å². The topological polar surface area (TPSA) is 88.1 Å². The highest BCUT2D eigenvalue weighted by Gasteiger charge is 2.41. The first kappa shape index (κ1) is 21.2. The molecule has 2 aliphatic rings. The number of ether oxygens (including phenoxy) is 2. The van der Waals surface area contributed by atoms with E-state index in [1.165, 1.54) is 12.1 Å². The maximum absolute atomic E-state index is 12.9. The molecule has 0 aromatic heterocycles. The summed E-state index contributed by atoms with van der Waals surface area (Å²) < 4.78 is 40.2. The molecular weight excluding hydrogens is 452 g/mol. The van der Waals surface area contributed by atoms with Crippen molar-refractivity contribution in [3.63, 3.8) is 0 Å². The number of halogens is 1. The molecule has 166 valence electrons. The van der Waals surface area contributed by atoms with Gasteiger partial charge in [-0.15, -0.1) is 0 Å². The summed E-state index contributed by atoms with van der Waals surface area (Å²) in [6.07, 6.45) is -1.04. The molecule has 7 nitrogen and oxygen atoms in total. The van der Waals surface area contributed by atoms with Crippen LogP contribution in [0.3, 0.4) is 0 Å². The Bertz CT molecular complexity index is 1210. The maximum atomic E-state index is 12.9. The van der Waals surface area contributed by atoms with Crippen LogP contribution in [-0.2, 0) is 14.8 Å². The number of anilines is 2. The van der Waals surface area contributed by atoms with E-state index in [0.717, 1.165) is 11.4 Å². The quantitative estimate of drug-likeness (QED) is 0.602. The number of aliphatic hydroxyl groups is 1. The minimum absolute atomic E-state index is 0.0291. The third-order valence-corrected chi connectivity index (χ3v) is 7.33. The van der Waals surface area contributed by atoms with Crippen molar-refractivity contribution in [2.24, 2.45) is 0 Å². The first-order valence-electron chi connectivity index (χ1n) is 10.1. The monoisotopic (exact) mass is 472 g/mol. The van der Waals surface area contributed by atoms with Crippen molar-refractivity contribution in [1.82, 2.24) is 4.72 Å². The normalized spacial score (nSPS) is 22.6. The maximum Gasteiger partial charge on any atom is 0.241 e. The SMILES string of the molecule is O=S(=O)(N[C@@H]1COC[C@H](N2c3ccccc3Oc3ccccc32)[C@H]1O)c1cccc(Cl)c1. The van der Waals surface area contributed by atoms with Gasteiger partial charge >= 0.3 is 0 Å². The lowest BCUT2D eigenvalue weighted by atomic mass is 9.98. The molecule has 3 atom stereocenters. The summed E-state index contributed by atoms with van der Waals surface area (Å²) >= 11 is 5.96. The summed E-state index contributed by atoms with van der Waals surface area (Å²) in [5.74, 6) is 1.31. The zero-order valence-electron chi connectivity index (χ0n) is 16.9. The van der Waals surface area contributed by atoms with Gasteiger partial charge in [0.25, 0.3) is 0 Å². The minimum atomic E-state index is -3.91. The third kappa shape index (κ3) is 3.85. The lowest BCUT2D eigenvalue weighted by Crippen LogP contribution is -2.60. The molecule has 2 N–H and O–H groups in total. The Balaban J connectivity index is 1.47. The molecule has 0 radical (unpaired) electrons. The number of benzene rings is 3. The molecular formula is C23H21ClN2O5S. The Morgan fingerprint density at radius 1 is 0.938 bits per heavy atom. The molecule has 2 aliphatic heterocycles. The number of para-hydroxylation sites is 4. The lowest BCUT2D eigenvalue weighted by Gasteiger charge is -2.44. The van der Waals surface area contributed by atoms with E-state index in [1.807, 2.05) is 53.4 Å². The molecule has 0 saturated carbocycles. The molecule has 0 spiro atoms. The average molecular weight is 473 g/mol. The van der Waals surface area contributed by atoms with Crippen molar-refractivity contribution in [2.45, 2.75) is 23.1 Å². The first-order chi connectivity index (χ1) is 15.4. The van der Waals surface area contributed by atoms with Crippen LogP contribution in [0.15, 0.2) is 77.7 Å². The zero-order valence-corrected chi connectivity index (χ0v) is 18.5. The van der Waals surface area contributed by atoms with Gasteiger partial charge in [0.15, 0.2) is 11.5 Å². The largest absolute Gasteiger partial charge is 0.453 e. The Labute approximate surface area is 191 Å². The van der Waals surface area contributed by atoms with Crippen molar-refractivity contribution >= 4 is 33.0 Å². The lowest BCUT2D eigenvalue weighted by molar-refractivity contribution is -0.0244. The Hall–Kier alpha value is -2.62. The molecule has 1 saturated heterocycles. The van der Waals surface area contributed by atoms with Gasteiger partial charge in [0.1, 0.15) is 0 Å². The highest BCUT2D eigenvalue weighted by molar-refractivity contribution is 7.89. The van der Waals surface area contributed by atoms with Crippen molar-refractivity contribution < 1.29 is 23.0 Å². The van der Waals surface area contributed by atoms with Crippen LogP contribution in [0.4, 0.5) is 11.4 Å². The smallest absolute Gasteiger partial charge is 0.241 e. The fourth-order valence-electron chi connectivity index (χ4n) is 4.10. The minimum Gasteiger partial charge on any atom is -0.453 e. The van der Waals surface area contributed by atoms with Crippen LogP contribution in [-0.4, -0.2) is 44.9 Å². The van der Waals surface area contributed by atoms with Crippen molar-refractivity contribution in [3.8, 4) is 11.5 Å². The van der Waals surface area contributed by atoms with Crippen molar-refractivity contribution in [3.05, 3.63) is 77.8 Å². The second-order valence-corrected chi connectivity index (χ2v) is 9.84. The summed E-state index contributed by atoms with van der Waals surface area (Å²) in [6.45, 7) is 0.268. The molecule has 0 bridgehead atoms. The number of sulfonamides is 1. The summed E-state index contributed by atoms with van der Waals surface area (Å²) in [7, 11) is -3.91. The molecule has 32 heavy (non-hydrogen) atoms. The van der Waals surface area contributed by atoms with E-state index in [-0.39, 0.29) is 18.1 Å². The van der Waals surface area contributed by atoms with E-state index in [0.29, 0.717) is 16.5 Å². The highest BCUT2D eigenvalue weighted by Crippen LogP contribution is 2.48. The van der Waals surface area contributed by atoms with Crippen LogP contribution in [0, 0.1) is 0 Å². The summed E-state index contributed by atoms with van der Waals surface area (Å²) in [4.78, 5) is 1.99. The number of hydrogen-bond donors (Lipinski definition) is 2. The van der Waals surface area contributed by atoms with Crippen LogP contribution in [0.1, 0.15) is 0 Å². The van der Waals surface area contributed by atoms with Gasteiger partial charge in [-0.25, -0.2) is 13.1 Å². The second-order valence-electron chi connectivity index (χ2n) is 7.69. The molecule has 9 heteroatoms. The van der Waals surface area contributed by atoms with E-state index in [4.69, 9.17) is 21.1 Å². The molecule has 2 heterocycles. The zero-order chi connectivity index (χ0) is 22.3. The van der Waals surface area contributed by atoms with Gasteiger partial charge in [0, 0.05) is 5.02 Å². The number of rotatable bonds is 4. The van der Waals surface area contributed by atoms with E-state index in [1.54, 1.807) is 12.1 Å². The van der Waals surface area contributed by atoms with Gasteiger partial charge in [-0.2, -0.15) is 0 Å². The molecule has 3 aromatic carbocycles. The number of nitrogens with zero attached hydrogens (tertiary/aromatic N) is 1. The molecule has 0 unspecified atom stereocenters. The van der Waals surface area contributed by atoms with E-state index >= 15 is 0 Å². The van der Waals surface area contributed by atoms with Gasteiger partial charge in [-0.05, 0) is 42.5 Å². The van der Waals surface area contributed by atoms with Gasteiger partial charge in [-0.1, -0.05) is 41.9 Å². The second kappa shape index (κ2) is 8.38. The third-order valence-electron chi connectivity index (χ3n) is 5.61. The Morgan fingerprint density at radius 2 is 1.59 bits per heavy atom. The van der Waals surface area contributed by atoms with Crippen molar-refractivity contribution in [1.29, 1.82) is 0 Å². The van der Waals surface area contributed by atoms with Crippen LogP contribution in [0.5, 0.6) is 11.5 Å². The Morgan fingerprint density at radius 3 is 2.25 bits per heavy atom. The van der Waals surface area contributed by atoms with Gasteiger partial charge in [0.05, 0.1) is 47.7 Å². The molecule has 3 aromatic rings. The highest BCUT2D eigenvalue weighted by atomic mass is 35.5. The van der Waals surface area contributed by atoms with Crippen LogP contribution in [0.2, 0.25) is 5.02 Å². The number of nitrogens with one attached hydrogen (secondary N) is 1. The molecule has 0 amide bonds. The summed E-state index contributed by atoms with van der Waals surface area (Å²) in [6, 6.07) is 19.6. The van der Waals surface area contributed by atoms with Crippen molar-refractivity contribution in [2.75, 3.05) is 18.1 Å². The average Bonchev–Trinajstić information content (AvgIpc) is 2.79. The number of hydrogen-bond acceptors (Lipinski definition) is 6. The predicted octanol–water partition coefficient (Wildman–Crippen LogP) is 3.69. The molecule has 1 fully saturated rings. The summed E-state index contributed by atoms with van der Waals surface area (Å²) in [5.41, 5.74) is 1.55. The fourth-order valence-corrected chi connectivity index (χ4v) is 5.64. The van der Waals surface area contributed by atoms with Crippen LogP contribution < -0.4 is 14.4 Å². The van der Waals surface area contributed by atoms with E-state index in [2.05, 4.69) is 4.72 Å². The molecule has 5 rings (SSSR count). The van der Waals surface area contributed by atoms with Gasteiger partial charge in [-0.3, -0.25) is 0 Å². The predicted molar refractivity (Wildman–Crippen MR) is 121 cm³/mol. The fraction of sp³-hybridized carbons (Fsp3) is 0.217. The standard InChI is InChI=1S/C23H21ClN2O5S/c24-15-6-5-7-16(12-15)32(28,29)25-17-13-30-14-20(23(17)27)26-18-8-1-3-10-21(18)31-22-11-4-2-9-19(22)26/h1-12,17,20,23,25,27H,13-14H2/t17-,20+,23+/m1/s1. The Kier molecular flexibility index (Phi) is 5.56. The van der Waals surface area contributed by atoms with E-state index < -0.39 is 28.2 Å². The number of fused-ring (bicyclic) bond motifs is 2. The van der Waals surface area contributed by atoms with Crippen LogP contribution >= 0.6 is 11.6 Å². The van der Waals surface area contributed by atoms with E-state index in [9.17, 15) is 13.5 Å². The molecule has 0 aliphatic carbocycles. The summed E-state index contributed by atoms with van der Waals surface area (Å²) in [5, 5.41) is 11.6.